The van der Waals surface area contributed by atoms with Crippen LogP contribution in [0.4, 0.5) is 11.4 Å². The van der Waals surface area contributed by atoms with Gasteiger partial charge in [-0.15, -0.1) is 0 Å². The summed E-state index contributed by atoms with van der Waals surface area (Å²) in [6, 6.07) is 27.0. The minimum absolute atomic E-state index is 0.120. The van der Waals surface area contributed by atoms with Crippen molar-refractivity contribution in [2.45, 2.75) is 12.5 Å². The molecular weight excluding hydrogens is 468 g/mol. The van der Waals surface area contributed by atoms with Gasteiger partial charge >= 0.3 is 0 Å². The van der Waals surface area contributed by atoms with E-state index in [0.29, 0.717) is 55.1 Å². The van der Waals surface area contributed by atoms with E-state index in [1.54, 1.807) is 11.0 Å². The van der Waals surface area contributed by atoms with E-state index in [4.69, 9.17) is 14.3 Å². The lowest BCUT2D eigenvalue weighted by atomic mass is 10.0. The van der Waals surface area contributed by atoms with Crippen molar-refractivity contribution in [3.8, 4) is 0 Å². The molecule has 4 aromatic rings. The molecule has 1 aromatic heterocycles. The summed E-state index contributed by atoms with van der Waals surface area (Å²) in [5, 5.41) is 10.3. The number of carbonyl (C=O) groups is 2. The molecule has 1 unspecified atom stereocenters. The molecule has 0 radical (unpaired) electrons. The Balaban J connectivity index is 1.33. The molecule has 3 aromatic carbocycles. The summed E-state index contributed by atoms with van der Waals surface area (Å²) < 4.78 is 11.3. The summed E-state index contributed by atoms with van der Waals surface area (Å²) in [6.07, 6.45) is 0.424. The number of amides is 2. The Morgan fingerprint density at radius 2 is 1.54 bits per heavy atom. The first-order valence-corrected chi connectivity index (χ1v) is 12.4. The Hall–Kier alpha value is -4.43. The van der Waals surface area contributed by atoms with Crippen molar-refractivity contribution in [1.82, 2.24) is 4.90 Å². The molecule has 3 heterocycles. The number of hydrazone groups is 1. The molecule has 0 spiro atoms. The second-order valence-corrected chi connectivity index (χ2v) is 9.02. The standard InChI is InChI=1S/C29H26N4O4/c34-28(23-19-24(20-9-3-1-4-10-20)33(31-23)21-11-5-2-6-12-21)30-26-22-13-7-8-14-25(22)37-27(26)29(35)32-15-17-36-18-16-32/h1-14,24H,15-19H2,(H,30,34). The topological polar surface area (TPSA) is 87.4 Å². The molecule has 1 N–H and O–H groups in total. The minimum atomic E-state index is -0.359. The average molecular weight is 495 g/mol. The number of para-hydroxylation sites is 2. The monoisotopic (exact) mass is 494 g/mol. The Labute approximate surface area is 214 Å². The molecule has 0 saturated carbocycles. The molecule has 2 aliphatic heterocycles. The number of fused-ring (bicyclic) bond motifs is 1. The number of hydrogen-bond acceptors (Lipinski definition) is 6. The second kappa shape index (κ2) is 9.91. The van der Waals surface area contributed by atoms with Gasteiger partial charge in [-0.1, -0.05) is 60.7 Å². The van der Waals surface area contributed by atoms with Gasteiger partial charge in [0, 0.05) is 24.9 Å². The van der Waals surface area contributed by atoms with Gasteiger partial charge in [-0.2, -0.15) is 5.10 Å². The number of nitrogens with zero attached hydrogens (tertiary/aromatic N) is 3. The number of hydrogen-bond donors (Lipinski definition) is 1. The number of benzene rings is 3. The van der Waals surface area contributed by atoms with E-state index < -0.39 is 0 Å². The van der Waals surface area contributed by atoms with Crippen molar-refractivity contribution in [3.05, 3.63) is 96.3 Å². The molecule has 1 saturated heterocycles. The first-order valence-electron chi connectivity index (χ1n) is 12.4. The Bertz CT molecular complexity index is 1460. The van der Waals surface area contributed by atoms with Crippen molar-refractivity contribution in [3.63, 3.8) is 0 Å². The maximum absolute atomic E-state index is 13.6. The first-order chi connectivity index (χ1) is 18.2. The van der Waals surface area contributed by atoms with Gasteiger partial charge in [0.1, 0.15) is 17.0 Å². The van der Waals surface area contributed by atoms with Gasteiger partial charge in [0.05, 0.1) is 24.9 Å². The predicted octanol–water partition coefficient (Wildman–Crippen LogP) is 4.85. The van der Waals surface area contributed by atoms with E-state index in [-0.39, 0.29) is 23.6 Å². The van der Waals surface area contributed by atoms with E-state index in [1.807, 2.05) is 83.9 Å². The smallest absolute Gasteiger partial charge is 0.291 e. The van der Waals surface area contributed by atoms with Gasteiger partial charge in [-0.25, -0.2) is 0 Å². The fourth-order valence-corrected chi connectivity index (χ4v) is 4.82. The van der Waals surface area contributed by atoms with Crippen LogP contribution < -0.4 is 10.3 Å². The Morgan fingerprint density at radius 3 is 2.30 bits per heavy atom. The third-order valence-electron chi connectivity index (χ3n) is 6.70. The van der Waals surface area contributed by atoms with E-state index >= 15 is 0 Å². The Morgan fingerprint density at radius 1 is 0.865 bits per heavy atom. The van der Waals surface area contributed by atoms with Crippen LogP contribution in [0.15, 0.2) is 94.4 Å². The van der Waals surface area contributed by atoms with E-state index in [9.17, 15) is 9.59 Å². The van der Waals surface area contributed by atoms with Crippen LogP contribution in [0.25, 0.3) is 11.0 Å². The second-order valence-electron chi connectivity index (χ2n) is 9.02. The number of nitrogens with one attached hydrogen (secondary N) is 1. The normalized spacial score (nSPS) is 17.6. The fraction of sp³-hybridized carbons (Fsp3) is 0.207. The third kappa shape index (κ3) is 4.47. The molecule has 8 nitrogen and oxygen atoms in total. The van der Waals surface area contributed by atoms with Crippen molar-refractivity contribution < 1.29 is 18.7 Å². The highest BCUT2D eigenvalue weighted by molar-refractivity contribution is 6.44. The van der Waals surface area contributed by atoms with E-state index in [0.717, 1.165) is 11.3 Å². The lowest BCUT2D eigenvalue weighted by molar-refractivity contribution is -0.110. The number of carbonyl (C=O) groups excluding carboxylic acids is 2. The zero-order valence-corrected chi connectivity index (χ0v) is 20.2. The molecule has 186 valence electrons. The third-order valence-corrected chi connectivity index (χ3v) is 6.70. The predicted molar refractivity (Wildman–Crippen MR) is 142 cm³/mol. The maximum atomic E-state index is 13.6. The molecule has 8 heteroatoms. The van der Waals surface area contributed by atoms with Gasteiger partial charge in [0.2, 0.25) is 5.76 Å². The molecule has 1 atom stereocenters. The zero-order chi connectivity index (χ0) is 25.2. The summed E-state index contributed by atoms with van der Waals surface area (Å²) in [5.41, 5.74) is 3.25. The van der Waals surface area contributed by atoms with Crippen LogP contribution in [-0.4, -0.2) is 48.7 Å². The van der Waals surface area contributed by atoms with Crippen LogP contribution in [0, 0.1) is 0 Å². The lowest BCUT2D eigenvalue weighted by Gasteiger charge is -2.26. The number of anilines is 2. The minimum Gasteiger partial charge on any atom is -0.449 e. The SMILES string of the molecule is O=C(Nc1c(C(=O)N2CCOCC2)oc2ccccc12)C1=NN(c2ccccc2)C(c2ccccc2)C1. The summed E-state index contributed by atoms with van der Waals surface area (Å²) >= 11 is 0. The largest absolute Gasteiger partial charge is 0.449 e. The molecule has 0 bridgehead atoms. The number of morpholine rings is 1. The molecule has 37 heavy (non-hydrogen) atoms. The zero-order valence-electron chi connectivity index (χ0n) is 20.2. The van der Waals surface area contributed by atoms with Crippen molar-refractivity contribution in [2.24, 2.45) is 5.10 Å². The van der Waals surface area contributed by atoms with Gasteiger partial charge in [0.25, 0.3) is 11.8 Å². The lowest BCUT2D eigenvalue weighted by Crippen LogP contribution is -2.40. The Kier molecular flexibility index (Phi) is 6.16. The van der Waals surface area contributed by atoms with Gasteiger partial charge in [-0.05, 0) is 29.8 Å². The van der Waals surface area contributed by atoms with Crippen molar-refractivity contribution in [2.75, 3.05) is 36.6 Å². The van der Waals surface area contributed by atoms with E-state index in [2.05, 4.69) is 5.32 Å². The van der Waals surface area contributed by atoms with Crippen LogP contribution in [0.3, 0.4) is 0 Å². The van der Waals surface area contributed by atoms with Crippen molar-refractivity contribution >= 4 is 39.9 Å². The summed E-state index contributed by atoms with van der Waals surface area (Å²) in [6.45, 7) is 1.89. The van der Waals surface area contributed by atoms with E-state index in [1.165, 1.54) is 0 Å². The molecule has 6 rings (SSSR count). The highest BCUT2D eigenvalue weighted by Gasteiger charge is 2.34. The average Bonchev–Trinajstić information content (AvgIpc) is 3.57. The number of rotatable bonds is 5. The van der Waals surface area contributed by atoms with Gasteiger partial charge in [-0.3, -0.25) is 14.6 Å². The van der Waals surface area contributed by atoms with Crippen LogP contribution in [0.5, 0.6) is 0 Å². The molecule has 1 fully saturated rings. The molecule has 2 amide bonds. The number of furan rings is 1. The quantitative estimate of drug-likeness (QED) is 0.429. The highest BCUT2D eigenvalue weighted by atomic mass is 16.5. The molecule has 2 aliphatic rings. The van der Waals surface area contributed by atoms with Crippen LogP contribution in [0.1, 0.15) is 28.6 Å². The highest BCUT2D eigenvalue weighted by Crippen LogP contribution is 2.36. The molecular formula is C29H26N4O4. The van der Waals surface area contributed by atoms with Crippen molar-refractivity contribution in [1.29, 1.82) is 0 Å². The summed E-state index contributed by atoms with van der Waals surface area (Å²) in [7, 11) is 0. The fourth-order valence-electron chi connectivity index (χ4n) is 4.82. The first kappa shape index (κ1) is 23.0. The summed E-state index contributed by atoms with van der Waals surface area (Å²) in [4.78, 5) is 28.6. The maximum Gasteiger partial charge on any atom is 0.291 e. The van der Waals surface area contributed by atoms with Crippen LogP contribution in [-0.2, 0) is 9.53 Å². The van der Waals surface area contributed by atoms with Gasteiger partial charge in [0.15, 0.2) is 0 Å². The van der Waals surface area contributed by atoms with Crippen LogP contribution in [0.2, 0.25) is 0 Å². The summed E-state index contributed by atoms with van der Waals surface area (Å²) in [5.74, 6) is -0.507. The van der Waals surface area contributed by atoms with Gasteiger partial charge < -0.3 is 19.4 Å². The number of ether oxygens (including phenoxy) is 1. The molecule has 0 aliphatic carbocycles. The van der Waals surface area contributed by atoms with Crippen LogP contribution >= 0.6 is 0 Å².